The molecule has 4 rings (SSSR count). The van der Waals surface area contributed by atoms with Gasteiger partial charge in [-0.25, -0.2) is 4.99 Å². The second kappa shape index (κ2) is 4.64. The summed E-state index contributed by atoms with van der Waals surface area (Å²) in [5.74, 6) is -0.0350. The molecular formula is C16H8Br2N2O. The molecule has 0 unspecified atom stereocenters. The number of carbonyl (C=O) groups excluding carboxylic acids is 1. The Kier molecular flexibility index (Phi) is 2.87. The van der Waals surface area contributed by atoms with Crippen LogP contribution in [0.5, 0.6) is 0 Å². The van der Waals surface area contributed by atoms with Crippen LogP contribution in [0, 0.1) is 0 Å². The molecule has 0 bridgehead atoms. The van der Waals surface area contributed by atoms with Crippen molar-refractivity contribution < 1.29 is 4.79 Å². The monoisotopic (exact) mass is 402 g/mol. The fourth-order valence-corrected chi connectivity index (χ4v) is 3.28. The third kappa shape index (κ3) is 2.00. The van der Waals surface area contributed by atoms with Crippen molar-refractivity contribution in [3.8, 4) is 0 Å². The maximum atomic E-state index is 12.6. The van der Waals surface area contributed by atoms with E-state index < -0.39 is 0 Å². The summed E-state index contributed by atoms with van der Waals surface area (Å²) < 4.78 is 1.86. The van der Waals surface area contributed by atoms with E-state index in [4.69, 9.17) is 0 Å². The highest BCUT2D eigenvalue weighted by Gasteiger charge is 2.27. The Balaban J connectivity index is 1.91. The Bertz CT molecular complexity index is 941. The van der Waals surface area contributed by atoms with Crippen molar-refractivity contribution in [1.82, 2.24) is 4.98 Å². The van der Waals surface area contributed by atoms with Gasteiger partial charge in [0.25, 0.3) is 0 Å². The normalized spacial score (nSPS) is 13.6. The second-order valence-corrected chi connectivity index (χ2v) is 6.67. The van der Waals surface area contributed by atoms with E-state index in [1.807, 2.05) is 42.6 Å². The number of H-pyrrole nitrogens is 1. The van der Waals surface area contributed by atoms with E-state index in [2.05, 4.69) is 41.8 Å². The van der Waals surface area contributed by atoms with Crippen molar-refractivity contribution in [3.63, 3.8) is 0 Å². The maximum Gasteiger partial charge on any atom is 0.214 e. The molecule has 0 aliphatic carbocycles. The molecule has 2 aromatic carbocycles. The fraction of sp³-hybridized carbons (Fsp3) is 0. The molecule has 0 amide bonds. The average Bonchev–Trinajstić information content (AvgIpc) is 3.00. The lowest BCUT2D eigenvalue weighted by atomic mass is 10.0. The van der Waals surface area contributed by atoms with E-state index in [0.717, 1.165) is 31.1 Å². The first-order chi connectivity index (χ1) is 10.1. The minimum atomic E-state index is -0.0350. The molecule has 1 N–H and O–H groups in total. The lowest BCUT2D eigenvalue weighted by molar-refractivity contribution is 0.107. The van der Waals surface area contributed by atoms with Gasteiger partial charge < -0.3 is 4.98 Å². The molecule has 102 valence electrons. The van der Waals surface area contributed by atoms with Crippen molar-refractivity contribution >= 4 is 59.9 Å². The first-order valence-corrected chi connectivity index (χ1v) is 7.92. The Morgan fingerprint density at radius 3 is 2.57 bits per heavy atom. The van der Waals surface area contributed by atoms with Crippen LogP contribution >= 0.6 is 31.9 Å². The summed E-state index contributed by atoms with van der Waals surface area (Å²) in [7, 11) is 0. The molecule has 0 radical (unpaired) electrons. The molecule has 0 spiro atoms. The molecule has 0 saturated carbocycles. The molecular weight excluding hydrogens is 396 g/mol. The number of rotatable bonds is 1. The molecule has 0 saturated heterocycles. The number of ketones is 1. The molecule has 1 aliphatic heterocycles. The van der Waals surface area contributed by atoms with Gasteiger partial charge in [0.15, 0.2) is 0 Å². The van der Waals surface area contributed by atoms with Crippen LogP contribution in [0.3, 0.4) is 0 Å². The van der Waals surface area contributed by atoms with Crippen LogP contribution in [0.25, 0.3) is 10.9 Å². The van der Waals surface area contributed by atoms with Gasteiger partial charge in [-0.15, -0.1) is 0 Å². The fourth-order valence-electron chi connectivity index (χ4n) is 2.56. The zero-order valence-corrected chi connectivity index (χ0v) is 13.8. The minimum Gasteiger partial charge on any atom is -0.360 e. The average molecular weight is 404 g/mol. The number of Topliss-reactive ketones (excluding diaryl/α,β-unsaturated/α-hetero) is 1. The van der Waals surface area contributed by atoms with Crippen LogP contribution in [0.2, 0.25) is 0 Å². The Morgan fingerprint density at radius 1 is 0.952 bits per heavy atom. The van der Waals surface area contributed by atoms with Crippen LogP contribution in [0.1, 0.15) is 15.9 Å². The molecule has 1 aliphatic rings. The van der Waals surface area contributed by atoms with E-state index >= 15 is 0 Å². The smallest absolute Gasteiger partial charge is 0.214 e. The zero-order chi connectivity index (χ0) is 14.6. The van der Waals surface area contributed by atoms with Crippen LogP contribution in [-0.4, -0.2) is 16.5 Å². The molecule has 0 atom stereocenters. The molecule has 5 heteroatoms. The predicted molar refractivity (Wildman–Crippen MR) is 90.7 cm³/mol. The van der Waals surface area contributed by atoms with E-state index in [0.29, 0.717) is 11.3 Å². The van der Waals surface area contributed by atoms with E-state index in [-0.39, 0.29) is 5.78 Å². The molecule has 21 heavy (non-hydrogen) atoms. The van der Waals surface area contributed by atoms with Gasteiger partial charge in [-0.2, -0.15) is 0 Å². The predicted octanol–water partition coefficient (Wildman–Crippen LogP) is 5.01. The Labute approximate surface area is 137 Å². The van der Waals surface area contributed by atoms with Crippen molar-refractivity contribution in [1.29, 1.82) is 0 Å². The van der Waals surface area contributed by atoms with Gasteiger partial charge in [0.1, 0.15) is 5.71 Å². The number of nitrogens with one attached hydrogen (secondary N) is 1. The summed E-state index contributed by atoms with van der Waals surface area (Å²) in [5, 5.41) is 0.989. The molecule has 3 aromatic rings. The molecule has 2 heterocycles. The SMILES string of the molecule is O=C1C(c2c[nH]c3ccc(Br)cc23)=Nc2ccc(Br)cc21. The van der Waals surface area contributed by atoms with Gasteiger partial charge in [-0.3, -0.25) is 4.79 Å². The molecule has 1 aromatic heterocycles. The Hall–Kier alpha value is -1.72. The van der Waals surface area contributed by atoms with Gasteiger partial charge in [0.2, 0.25) is 5.78 Å². The van der Waals surface area contributed by atoms with Crippen LogP contribution in [0.15, 0.2) is 56.5 Å². The number of aromatic nitrogens is 1. The second-order valence-electron chi connectivity index (χ2n) is 4.84. The molecule has 3 nitrogen and oxygen atoms in total. The van der Waals surface area contributed by atoms with E-state index in [1.165, 1.54) is 0 Å². The van der Waals surface area contributed by atoms with Crippen LogP contribution in [0.4, 0.5) is 5.69 Å². The standard InChI is InChI=1S/C16H8Br2N2O/c17-8-1-3-13-10(5-8)12(7-19-13)15-16(21)11-6-9(18)2-4-14(11)20-15/h1-7,19H. The number of aliphatic imine (C=N–C) groups is 1. The number of carbonyl (C=O) groups is 1. The van der Waals surface area contributed by atoms with Gasteiger partial charge in [0, 0.05) is 31.6 Å². The van der Waals surface area contributed by atoms with Gasteiger partial charge in [0.05, 0.1) is 11.3 Å². The number of halogens is 2. The zero-order valence-electron chi connectivity index (χ0n) is 10.7. The number of nitrogens with zero attached hydrogens (tertiary/aromatic N) is 1. The summed E-state index contributed by atoms with van der Waals surface area (Å²) in [6.45, 7) is 0. The third-order valence-corrected chi connectivity index (χ3v) is 4.54. The number of benzene rings is 2. The maximum absolute atomic E-state index is 12.6. The topological polar surface area (TPSA) is 45.2 Å². The molecule has 0 fully saturated rings. The number of hydrogen-bond donors (Lipinski definition) is 1. The minimum absolute atomic E-state index is 0.0350. The van der Waals surface area contributed by atoms with Crippen molar-refractivity contribution in [3.05, 3.63) is 62.7 Å². The number of fused-ring (bicyclic) bond motifs is 2. The Morgan fingerprint density at radius 2 is 1.71 bits per heavy atom. The first kappa shape index (κ1) is 13.0. The first-order valence-electron chi connectivity index (χ1n) is 6.33. The van der Waals surface area contributed by atoms with Crippen LogP contribution < -0.4 is 0 Å². The third-order valence-electron chi connectivity index (χ3n) is 3.55. The lowest BCUT2D eigenvalue weighted by Crippen LogP contribution is -2.10. The summed E-state index contributed by atoms with van der Waals surface area (Å²) in [5.41, 5.74) is 3.68. The lowest BCUT2D eigenvalue weighted by Gasteiger charge is -1.98. The quantitative estimate of drug-likeness (QED) is 0.609. The van der Waals surface area contributed by atoms with Gasteiger partial charge in [-0.05, 0) is 36.4 Å². The summed E-state index contributed by atoms with van der Waals surface area (Å²) >= 11 is 6.86. The summed E-state index contributed by atoms with van der Waals surface area (Å²) in [4.78, 5) is 20.3. The highest BCUT2D eigenvalue weighted by atomic mass is 79.9. The summed E-state index contributed by atoms with van der Waals surface area (Å²) in [6, 6.07) is 11.5. The van der Waals surface area contributed by atoms with Crippen molar-refractivity contribution in [2.75, 3.05) is 0 Å². The van der Waals surface area contributed by atoms with E-state index in [9.17, 15) is 4.79 Å². The largest absolute Gasteiger partial charge is 0.360 e. The number of hydrogen-bond acceptors (Lipinski definition) is 2. The van der Waals surface area contributed by atoms with Gasteiger partial charge in [-0.1, -0.05) is 31.9 Å². The van der Waals surface area contributed by atoms with Crippen LogP contribution in [-0.2, 0) is 0 Å². The van der Waals surface area contributed by atoms with Gasteiger partial charge >= 0.3 is 0 Å². The number of aromatic amines is 1. The summed E-state index contributed by atoms with van der Waals surface area (Å²) in [6.07, 6.45) is 1.84. The highest BCUT2D eigenvalue weighted by Crippen LogP contribution is 2.33. The van der Waals surface area contributed by atoms with Crippen molar-refractivity contribution in [2.24, 2.45) is 4.99 Å². The van der Waals surface area contributed by atoms with Crippen molar-refractivity contribution in [2.45, 2.75) is 0 Å². The highest BCUT2D eigenvalue weighted by molar-refractivity contribution is 9.10. The van der Waals surface area contributed by atoms with E-state index in [1.54, 1.807) is 0 Å².